The first-order valence-electron chi connectivity index (χ1n) is 8.58. The molecule has 0 bridgehead atoms. The van der Waals surface area contributed by atoms with Crippen molar-refractivity contribution in [3.8, 4) is 0 Å². The largest absolute Gasteiger partial charge is 0.462 e. The van der Waals surface area contributed by atoms with Gasteiger partial charge in [-0.25, -0.2) is 4.79 Å². The van der Waals surface area contributed by atoms with E-state index in [9.17, 15) is 13.2 Å². The summed E-state index contributed by atoms with van der Waals surface area (Å²) in [4.78, 5) is 14.3. The Morgan fingerprint density at radius 3 is 2.81 bits per heavy atom. The number of anilines is 1. The number of sulfonamides is 1. The van der Waals surface area contributed by atoms with Gasteiger partial charge in [0.15, 0.2) is 0 Å². The highest BCUT2D eigenvalue weighted by molar-refractivity contribution is 7.90. The molecule has 4 rings (SSSR count). The van der Waals surface area contributed by atoms with Crippen molar-refractivity contribution in [1.82, 2.24) is 0 Å². The zero-order valence-corrected chi connectivity index (χ0v) is 16.3. The average molecular weight is 417 g/mol. The van der Waals surface area contributed by atoms with Crippen LogP contribution in [0.25, 0.3) is 0 Å². The molecular weight excluding hydrogens is 399 g/mol. The number of ether oxygens (including phenoxy) is 1. The predicted octanol–water partition coefficient (Wildman–Crippen LogP) is 3.52. The summed E-state index contributed by atoms with van der Waals surface area (Å²) in [6.07, 6.45) is 4.16. The normalized spacial score (nSPS) is 25.4. The van der Waals surface area contributed by atoms with Gasteiger partial charge in [0.2, 0.25) is 0 Å². The summed E-state index contributed by atoms with van der Waals surface area (Å²) in [6, 6.07) is 4.60. The summed E-state index contributed by atoms with van der Waals surface area (Å²) >= 11 is 11.8. The van der Waals surface area contributed by atoms with E-state index in [4.69, 9.17) is 27.9 Å². The Bertz CT molecular complexity index is 898. The van der Waals surface area contributed by atoms with E-state index in [1.54, 1.807) is 12.1 Å². The van der Waals surface area contributed by atoms with Gasteiger partial charge in [0.1, 0.15) is 15.1 Å². The standard InChI is InChI=1S/C17H18Cl2N2O4S/c18-17(19)9-12(17)10-25-16(22)11-5-6-13-14(8-11)26(23,24)20-15-4-2-1-3-7-21(13)15/h5-6,8,12H,1-4,7,9-10H2/t12-/m1/s1. The Morgan fingerprint density at radius 1 is 1.31 bits per heavy atom. The van der Waals surface area contributed by atoms with E-state index < -0.39 is 20.3 Å². The molecule has 0 amide bonds. The molecule has 1 aromatic carbocycles. The van der Waals surface area contributed by atoms with Crippen LogP contribution in [-0.2, 0) is 14.8 Å². The van der Waals surface area contributed by atoms with Crippen LogP contribution in [0.15, 0.2) is 27.5 Å². The second-order valence-electron chi connectivity index (χ2n) is 6.89. The Labute approximate surface area is 162 Å². The summed E-state index contributed by atoms with van der Waals surface area (Å²) in [6.45, 7) is 0.838. The Hall–Kier alpha value is -1.31. The minimum absolute atomic E-state index is 0.0491. The van der Waals surface area contributed by atoms with Crippen LogP contribution in [0.4, 0.5) is 5.69 Å². The Kier molecular flexibility index (Phi) is 4.44. The molecule has 1 aromatic rings. The van der Waals surface area contributed by atoms with E-state index in [0.29, 0.717) is 24.4 Å². The maximum absolute atomic E-state index is 12.6. The molecule has 1 saturated heterocycles. The fraction of sp³-hybridized carbons (Fsp3) is 0.529. The number of fused-ring (bicyclic) bond motifs is 3. The van der Waals surface area contributed by atoms with Gasteiger partial charge in [0.05, 0.1) is 17.9 Å². The van der Waals surface area contributed by atoms with E-state index in [2.05, 4.69) is 4.40 Å². The first-order valence-corrected chi connectivity index (χ1v) is 10.8. The van der Waals surface area contributed by atoms with E-state index in [1.807, 2.05) is 4.90 Å². The second-order valence-corrected chi connectivity index (χ2v) is 10.0. The molecular formula is C17H18Cl2N2O4S. The van der Waals surface area contributed by atoms with Gasteiger partial charge in [-0.2, -0.15) is 8.42 Å². The molecule has 0 N–H and O–H groups in total. The van der Waals surface area contributed by atoms with E-state index in [-0.39, 0.29) is 23.0 Å². The number of nitrogens with zero attached hydrogens (tertiary/aromatic N) is 2. The maximum Gasteiger partial charge on any atom is 0.338 e. The van der Waals surface area contributed by atoms with E-state index in [0.717, 1.165) is 25.8 Å². The van der Waals surface area contributed by atoms with Crippen LogP contribution in [0.5, 0.6) is 0 Å². The molecule has 1 aliphatic carbocycles. The zero-order valence-electron chi connectivity index (χ0n) is 14.0. The second kappa shape index (κ2) is 6.39. The predicted molar refractivity (Wildman–Crippen MR) is 99.7 cm³/mol. The number of esters is 1. The third kappa shape index (κ3) is 3.32. The smallest absolute Gasteiger partial charge is 0.338 e. The topological polar surface area (TPSA) is 76.0 Å². The number of rotatable bonds is 3. The molecule has 6 nitrogen and oxygen atoms in total. The minimum Gasteiger partial charge on any atom is -0.462 e. The fourth-order valence-electron chi connectivity index (χ4n) is 3.32. The van der Waals surface area contributed by atoms with Crippen LogP contribution in [0.2, 0.25) is 0 Å². The van der Waals surface area contributed by atoms with Crippen molar-refractivity contribution in [3.63, 3.8) is 0 Å². The minimum atomic E-state index is -3.83. The number of carbonyl (C=O) groups excluding carboxylic acids is 1. The van der Waals surface area contributed by atoms with Crippen molar-refractivity contribution in [2.24, 2.45) is 10.3 Å². The maximum atomic E-state index is 12.6. The molecule has 1 atom stereocenters. The van der Waals surface area contributed by atoms with Gasteiger partial charge < -0.3 is 9.64 Å². The molecule has 0 radical (unpaired) electrons. The van der Waals surface area contributed by atoms with Crippen molar-refractivity contribution < 1.29 is 17.9 Å². The van der Waals surface area contributed by atoms with Crippen molar-refractivity contribution in [3.05, 3.63) is 23.8 Å². The van der Waals surface area contributed by atoms with Gasteiger partial charge in [-0.1, -0.05) is 6.42 Å². The summed E-state index contributed by atoms with van der Waals surface area (Å²) in [5, 5.41) is 0. The molecule has 2 heterocycles. The lowest BCUT2D eigenvalue weighted by atomic mass is 10.2. The lowest BCUT2D eigenvalue weighted by Gasteiger charge is -2.29. The molecule has 0 unspecified atom stereocenters. The van der Waals surface area contributed by atoms with Crippen LogP contribution in [0.1, 0.15) is 42.5 Å². The SMILES string of the molecule is O=C(OC[C@H]1CC1(Cl)Cl)c1ccc2c(c1)S(=O)(=O)N=C1CCCCCN12. The highest BCUT2D eigenvalue weighted by Gasteiger charge is 2.52. The van der Waals surface area contributed by atoms with Gasteiger partial charge in [0.25, 0.3) is 10.0 Å². The number of halogens is 2. The first kappa shape index (κ1) is 18.1. The molecule has 2 fully saturated rings. The number of amidine groups is 1. The molecule has 26 heavy (non-hydrogen) atoms. The third-order valence-corrected chi connectivity index (χ3v) is 7.21. The van der Waals surface area contributed by atoms with Crippen molar-refractivity contribution >= 4 is 50.7 Å². The molecule has 0 spiro atoms. The fourth-order valence-corrected chi connectivity index (χ4v) is 5.10. The van der Waals surface area contributed by atoms with Gasteiger partial charge in [0, 0.05) is 18.9 Å². The van der Waals surface area contributed by atoms with Crippen LogP contribution in [0.3, 0.4) is 0 Å². The number of benzene rings is 1. The lowest BCUT2D eigenvalue weighted by molar-refractivity contribution is 0.0485. The van der Waals surface area contributed by atoms with Crippen molar-refractivity contribution in [2.45, 2.75) is 41.3 Å². The third-order valence-electron chi connectivity index (χ3n) is 4.95. The number of carbonyl (C=O) groups is 1. The average Bonchev–Trinajstić information content (AvgIpc) is 3.27. The number of hydrogen-bond acceptors (Lipinski definition) is 5. The Balaban J connectivity index is 1.60. The monoisotopic (exact) mass is 416 g/mol. The molecule has 1 saturated carbocycles. The van der Waals surface area contributed by atoms with Gasteiger partial charge in [-0.15, -0.1) is 27.6 Å². The zero-order chi connectivity index (χ0) is 18.5. The first-order chi connectivity index (χ1) is 12.3. The van der Waals surface area contributed by atoms with E-state index in [1.165, 1.54) is 6.07 Å². The molecule has 140 valence electrons. The van der Waals surface area contributed by atoms with Crippen molar-refractivity contribution in [2.75, 3.05) is 18.1 Å². The molecule has 9 heteroatoms. The molecule has 0 aromatic heterocycles. The van der Waals surface area contributed by atoms with Crippen LogP contribution < -0.4 is 4.90 Å². The summed E-state index contributed by atoms with van der Waals surface area (Å²) < 4.78 is 33.5. The van der Waals surface area contributed by atoms with Gasteiger partial charge in [-0.05, 0) is 37.5 Å². The highest BCUT2D eigenvalue weighted by atomic mass is 35.5. The van der Waals surface area contributed by atoms with Gasteiger partial charge in [-0.3, -0.25) is 0 Å². The van der Waals surface area contributed by atoms with Crippen molar-refractivity contribution in [1.29, 1.82) is 0 Å². The Morgan fingerprint density at radius 2 is 2.08 bits per heavy atom. The number of alkyl halides is 2. The molecule has 3 aliphatic rings. The van der Waals surface area contributed by atoms with Crippen LogP contribution in [-0.4, -0.2) is 37.7 Å². The summed E-state index contributed by atoms with van der Waals surface area (Å²) in [7, 11) is -3.83. The highest BCUT2D eigenvalue weighted by Crippen LogP contribution is 2.53. The number of hydrogen-bond donors (Lipinski definition) is 0. The quantitative estimate of drug-likeness (QED) is 0.556. The van der Waals surface area contributed by atoms with Crippen LogP contribution >= 0.6 is 23.2 Å². The van der Waals surface area contributed by atoms with Crippen LogP contribution in [0, 0.1) is 5.92 Å². The summed E-state index contributed by atoms with van der Waals surface area (Å²) in [5.41, 5.74) is 0.757. The summed E-state index contributed by atoms with van der Waals surface area (Å²) in [5.74, 6) is -0.0929. The lowest BCUT2D eigenvalue weighted by Crippen LogP contribution is -2.35. The van der Waals surface area contributed by atoms with E-state index >= 15 is 0 Å². The van der Waals surface area contributed by atoms with Gasteiger partial charge >= 0.3 is 5.97 Å². The molecule has 2 aliphatic heterocycles.